The molecule has 0 aliphatic carbocycles. The number of aromatic nitrogens is 4. The topological polar surface area (TPSA) is 95.0 Å². The van der Waals surface area contributed by atoms with E-state index in [2.05, 4.69) is 14.9 Å². The van der Waals surface area contributed by atoms with Crippen LogP contribution in [0.2, 0.25) is 0 Å². The predicted molar refractivity (Wildman–Crippen MR) is 74.7 cm³/mol. The van der Waals surface area contributed by atoms with Gasteiger partial charge < -0.3 is 4.74 Å². The van der Waals surface area contributed by atoms with E-state index in [4.69, 9.17) is 0 Å². The highest BCUT2D eigenvalue weighted by Gasteiger charge is 2.42. The lowest BCUT2D eigenvalue weighted by Crippen LogP contribution is -2.39. The molecule has 0 unspecified atom stereocenters. The van der Waals surface area contributed by atoms with Crippen LogP contribution in [0.15, 0.2) is 35.4 Å². The molecule has 0 saturated heterocycles. The fourth-order valence-electron chi connectivity index (χ4n) is 1.74. The summed E-state index contributed by atoms with van der Waals surface area (Å²) in [7, 11) is 1.50. The Labute approximate surface area is 138 Å². The number of esters is 2. The SMILES string of the molecule is Cn1nc(-c2cc[n+](CCC(=O)OC(=O)C(F)(F)F)nc2)ccc1=O. The van der Waals surface area contributed by atoms with Crippen LogP contribution in [0.3, 0.4) is 0 Å². The van der Waals surface area contributed by atoms with Crippen molar-refractivity contribution in [1.29, 1.82) is 0 Å². The van der Waals surface area contributed by atoms with Gasteiger partial charge in [-0.1, -0.05) is 4.68 Å². The first-order valence-electron chi connectivity index (χ1n) is 6.89. The number of halogens is 3. The highest BCUT2D eigenvalue weighted by atomic mass is 19.4. The van der Waals surface area contributed by atoms with E-state index in [9.17, 15) is 27.6 Å². The summed E-state index contributed by atoms with van der Waals surface area (Å²) in [6, 6.07) is 4.47. The molecular formula is C14H12F3N4O4+. The zero-order valence-corrected chi connectivity index (χ0v) is 12.9. The zero-order valence-electron chi connectivity index (χ0n) is 12.9. The maximum atomic E-state index is 12.0. The average molecular weight is 357 g/mol. The van der Waals surface area contributed by atoms with Gasteiger partial charge in [0.05, 0.1) is 5.69 Å². The molecule has 0 fully saturated rings. The van der Waals surface area contributed by atoms with Crippen molar-refractivity contribution in [2.75, 3.05) is 0 Å². The minimum absolute atomic E-state index is 0.0784. The van der Waals surface area contributed by atoms with Crippen molar-refractivity contribution in [3.05, 3.63) is 40.9 Å². The van der Waals surface area contributed by atoms with Crippen LogP contribution in [0.1, 0.15) is 6.42 Å². The van der Waals surface area contributed by atoms with E-state index < -0.39 is 24.5 Å². The van der Waals surface area contributed by atoms with Crippen molar-refractivity contribution in [2.45, 2.75) is 19.1 Å². The second-order valence-electron chi connectivity index (χ2n) is 4.87. The molecule has 2 aromatic rings. The third kappa shape index (κ3) is 4.93. The molecule has 0 radical (unpaired) electrons. The molecule has 0 amide bonds. The van der Waals surface area contributed by atoms with Crippen LogP contribution in [0.5, 0.6) is 0 Å². The van der Waals surface area contributed by atoms with Crippen LogP contribution >= 0.6 is 0 Å². The van der Waals surface area contributed by atoms with Crippen LogP contribution in [-0.2, 0) is 27.9 Å². The first-order chi connectivity index (χ1) is 11.7. The first kappa shape index (κ1) is 18.2. The summed E-state index contributed by atoms with van der Waals surface area (Å²) in [4.78, 5) is 33.0. The number of hydrogen-bond acceptors (Lipinski definition) is 6. The normalized spacial score (nSPS) is 11.2. The second-order valence-corrected chi connectivity index (χ2v) is 4.87. The molecule has 2 aromatic heterocycles. The Balaban J connectivity index is 1.96. The summed E-state index contributed by atoms with van der Waals surface area (Å²) in [5.74, 6) is -3.85. The van der Waals surface area contributed by atoms with Gasteiger partial charge in [0.1, 0.15) is 12.6 Å². The van der Waals surface area contributed by atoms with E-state index in [1.165, 1.54) is 36.3 Å². The lowest BCUT2D eigenvalue weighted by Gasteiger charge is -2.04. The van der Waals surface area contributed by atoms with Crippen LogP contribution in [0, 0.1) is 0 Å². The van der Waals surface area contributed by atoms with Crippen molar-refractivity contribution < 1.29 is 32.2 Å². The van der Waals surface area contributed by atoms with Gasteiger partial charge in [-0.05, 0) is 11.2 Å². The lowest BCUT2D eigenvalue weighted by molar-refractivity contribution is -0.752. The lowest BCUT2D eigenvalue weighted by atomic mass is 10.2. The van der Waals surface area contributed by atoms with E-state index in [0.29, 0.717) is 11.3 Å². The van der Waals surface area contributed by atoms with E-state index in [1.807, 2.05) is 0 Å². The van der Waals surface area contributed by atoms with Crippen molar-refractivity contribution in [3.63, 3.8) is 0 Å². The minimum atomic E-state index is -5.22. The van der Waals surface area contributed by atoms with Gasteiger partial charge in [0.25, 0.3) is 5.56 Å². The number of alkyl halides is 3. The van der Waals surface area contributed by atoms with E-state index in [0.717, 1.165) is 4.68 Å². The summed E-state index contributed by atoms with van der Waals surface area (Å²) in [5.41, 5.74) is 0.827. The minimum Gasteiger partial charge on any atom is -0.386 e. The Bertz CT molecular complexity index is 846. The van der Waals surface area contributed by atoms with E-state index in [1.54, 1.807) is 6.07 Å². The summed E-state index contributed by atoms with van der Waals surface area (Å²) in [6.45, 7) is -0.0784. The quantitative estimate of drug-likeness (QED) is 0.439. The molecule has 0 atom stereocenters. The predicted octanol–water partition coefficient (Wildman–Crippen LogP) is 0.152. The van der Waals surface area contributed by atoms with Gasteiger partial charge in [-0.3, -0.25) is 9.59 Å². The fraction of sp³-hybridized carbons (Fsp3) is 0.286. The third-order valence-electron chi connectivity index (χ3n) is 3.01. The highest BCUT2D eigenvalue weighted by Crippen LogP contribution is 2.16. The number of ether oxygens (including phenoxy) is 1. The van der Waals surface area contributed by atoms with Crippen LogP contribution < -0.4 is 10.2 Å². The molecule has 25 heavy (non-hydrogen) atoms. The summed E-state index contributed by atoms with van der Waals surface area (Å²) in [5, 5.41) is 8.02. The number of nitrogens with zero attached hydrogens (tertiary/aromatic N) is 4. The van der Waals surface area contributed by atoms with Crippen LogP contribution in [0.25, 0.3) is 11.3 Å². The van der Waals surface area contributed by atoms with Gasteiger partial charge in [-0.2, -0.15) is 18.3 Å². The summed E-state index contributed by atoms with van der Waals surface area (Å²) in [6.07, 6.45) is -2.79. The molecule has 0 aliphatic heterocycles. The molecule has 11 heteroatoms. The Morgan fingerprint density at radius 2 is 2.00 bits per heavy atom. The van der Waals surface area contributed by atoms with Gasteiger partial charge in [-0.25, -0.2) is 9.48 Å². The molecule has 0 bridgehead atoms. The Morgan fingerprint density at radius 1 is 1.28 bits per heavy atom. The third-order valence-corrected chi connectivity index (χ3v) is 3.01. The number of carbonyl (C=O) groups excluding carboxylic acids is 2. The maximum Gasteiger partial charge on any atom is 0.491 e. The molecule has 8 nitrogen and oxygen atoms in total. The monoisotopic (exact) mass is 357 g/mol. The van der Waals surface area contributed by atoms with E-state index >= 15 is 0 Å². The number of rotatable bonds is 4. The molecule has 0 aromatic carbocycles. The van der Waals surface area contributed by atoms with Crippen LogP contribution in [-0.4, -0.2) is 33.0 Å². The molecule has 2 heterocycles. The Hall–Kier alpha value is -3.11. The average Bonchev–Trinajstić information content (AvgIpc) is 2.55. The Kier molecular flexibility index (Phi) is 5.25. The first-order valence-corrected chi connectivity index (χ1v) is 6.89. The van der Waals surface area contributed by atoms with Gasteiger partial charge in [0.15, 0.2) is 12.7 Å². The number of carbonyl (C=O) groups is 2. The molecule has 0 aliphatic rings. The van der Waals surface area contributed by atoms with Crippen molar-refractivity contribution in [2.24, 2.45) is 7.05 Å². The molecule has 0 saturated carbocycles. The van der Waals surface area contributed by atoms with Crippen molar-refractivity contribution in [3.8, 4) is 11.3 Å². The maximum absolute atomic E-state index is 12.0. The van der Waals surface area contributed by atoms with Crippen LogP contribution in [0.4, 0.5) is 13.2 Å². The van der Waals surface area contributed by atoms with E-state index in [-0.39, 0.29) is 12.1 Å². The number of aryl methyl sites for hydroxylation is 2. The molecule has 0 spiro atoms. The second kappa shape index (κ2) is 7.20. The standard InChI is InChI=1S/C14H12F3N4O4/c1-20-11(22)3-2-10(19-20)9-4-6-21(18-8-9)7-5-12(23)25-13(24)14(15,16)17/h2-4,6,8H,5,7H2,1H3/q+1. The highest BCUT2D eigenvalue weighted by molar-refractivity contribution is 5.88. The molecule has 132 valence electrons. The summed E-state index contributed by atoms with van der Waals surface area (Å²) < 4.78 is 42.0. The van der Waals surface area contributed by atoms with Gasteiger partial charge in [0, 0.05) is 24.7 Å². The van der Waals surface area contributed by atoms with Gasteiger partial charge >= 0.3 is 18.1 Å². The van der Waals surface area contributed by atoms with Gasteiger partial charge in [-0.15, -0.1) is 0 Å². The smallest absolute Gasteiger partial charge is 0.386 e. The zero-order chi connectivity index (χ0) is 18.6. The fourth-order valence-corrected chi connectivity index (χ4v) is 1.74. The number of hydrogen-bond donors (Lipinski definition) is 0. The summed E-state index contributed by atoms with van der Waals surface area (Å²) >= 11 is 0. The Morgan fingerprint density at radius 3 is 2.56 bits per heavy atom. The molecular weight excluding hydrogens is 345 g/mol. The van der Waals surface area contributed by atoms with Crippen molar-refractivity contribution >= 4 is 11.9 Å². The molecule has 2 rings (SSSR count). The largest absolute Gasteiger partial charge is 0.491 e. The van der Waals surface area contributed by atoms with Gasteiger partial charge in [0.2, 0.25) is 0 Å². The molecule has 0 N–H and O–H groups in total. The van der Waals surface area contributed by atoms with Crippen molar-refractivity contribution in [1.82, 2.24) is 14.9 Å².